The fraction of sp³-hybridized carbons (Fsp3) is 0.375. The molecule has 0 aromatic heterocycles. The zero-order valence-corrected chi connectivity index (χ0v) is 17.5. The van der Waals surface area contributed by atoms with E-state index >= 15 is 0 Å². The zero-order chi connectivity index (χ0) is 21.6. The number of anilines is 4. The van der Waals surface area contributed by atoms with Crippen LogP contribution in [0.3, 0.4) is 0 Å². The smallest absolute Gasteiger partial charge is 0.244 e. The van der Waals surface area contributed by atoms with Gasteiger partial charge in [0.1, 0.15) is 6.54 Å². The first-order chi connectivity index (χ1) is 15.1. The molecule has 0 bridgehead atoms. The van der Waals surface area contributed by atoms with Crippen molar-refractivity contribution in [3.8, 4) is 0 Å². The number of hydrogen-bond donors (Lipinski definition) is 3. The second-order valence-electron chi connectivity index (χ2n) is 8.15. The summed E-state index contributed by atoms with van der Waals surface area (Å²) in [6, 6.07) is 15.4. The fourth-order valence-corrected chi connectivity index (χ4v) is 4.17. The molecule has 0 unspecified atom stereocenters. The monoisotopic (exact) mass is 420 g/mol. The topological polar surface area (TPSA) is 90.5 Å². The number of carbonyl (C=O) groups is 3. The molecule has 3 N–H and O–H groups in total. The number of benzene rings is 2. The zero-order valence-electron chi connectivity index (χ0n) is 17.5. The first-order valence-electron chi connectivity index (χ1n) is 10.9. The van der Waals surface area contributed by atoms with Gasteiger partial charge in [-0.2, -0.15) is 0 Å². The summed E-state index contributed by atoms with van der Waals surface area (Å²) in [5, 5.41) is 9.15. The van der Waals surface area contributed by atoms with Crippen LogP contribution in [0.2, 0.25) is 0 Å². The Morgan fingerprint density at radius 2 is 1.65 bits per heavy atom. The number of para-hydroxylation sites is 2. The average Bonchev–Trinajstić information content (AvgIpc) is 2.79. The Morgan fingerprint density at radius 1 is 0.935 bits per heavy atom. The molecule has 0 spiro atoms. The SMILES string of the molecule is O=C(CCC(=O)N1CC(=O)Nc2ccccc21)Nc1ccc(NC2CCCCC2)cc1. The van der Waals surface area contributed by atoms with Crippen molar-refractivity contribution >= 4 is 40.5 Å². The van der Waals surface area contributed by atoms with Crippen LogP contribution in [-0.2, 0) is 14.4 Å². The molecule has 7 heteroatoms. The second-order valence-corrected chi connectivity index (χ2v) is 8.15. The molecule has 7 nitrogen and oxygen atoms in total. The van der Waals surface area contributed by atoms with Crippen LogP contribution >= 0.6 is 0 Å². The molecule has 2 aromatic carbocycles. The van der Waals surface area contributed by atoms with Gasteiger partial charge in [-0.1, -0.05) is 31.4 Å². The minimum Gasteiger partial charge on any atom is -0.382 e. The summed E-state index contributed by atoms with van der Waals surface area (Å²) in [7, 11) is 0. The maximum Gasteiger partial charge on any atom is 0.244 e. The van der Waals surface area contributed by atoms with Crippen LogP contribution in [-0.4, -0.2) is 30.3 Å². The second kappa shape index (κ2) is 9.64. The average molecular weight is 421 g/mol. The van der Waals surface area contributed by atoms with Gasteiger partial charge in [-0.3, -0.25) is 14.4 Å². The molecule has 162 valence electrons. The van der Waals surface area contributed by atoms with E-state index < -0.39 is 0 Å². The highest BCUT2D eigenvalue weighted by Gasteiger charge is 2.26. The van der Waals surface area contributed by atoms with Crippen molar-refractivity contribution in [1.29, 1.82) is 0 Å². The quantitative estimate of drug-likeness (QED) is 0.655. The minimum atomic E-state index is -0.246. The van der Waals surface area contributed by atoms with Crippen LogP contribution in [0.25, 0.3) is 0 Å². The molecule has 1 fully saturated rings. The van der Waals surface area contributed by atoms with Crippen molar-refractivity contribution < 1.29 is 14.4 Å². The van der Waals surface area contributed by atoms with Crippen molar-refractivity contribution in [2.45, 2.75) is 51.0 Å². The Labute approximate surface area is 182 Å². The Kier molecular flexibility index (Phi) is 6.50. The van der Waals surface area contributed by atoms with E-state index in [2.05, 4.69) is 16.0 Å². The molecule has 4 rings (SSSR count). The number of nitrogens with one attached hydrogen (secondary N) is 3. The molecule has 0 radical (unpaired) electrons. The molecule has 1 aliphatic heterocycles. The van der Waals surface area contributed by atoms with Gasteiger partial charge >= 0.3 is 0 Å². The number of fused-ring (bicyclic) bond motifs is 1. The summed E-state index contributed by atoms with van der Waals surface area (Å²) in [5.74, 6) is -0.709. The van der Waals surface area contributed by atoms with Gasteiger partial charge in [0.15, 0.2) is 0 Å². The molecule has 1 saturated carbocycles. The van der Waals surface area contributed by atoms with E-state index in [1.807, 2.05) is 30.3 Å². The normalized spacial score (nSPS) is 16.3. The van der Waals surface area contributed by atoms with Gasteiger partial charge in [-0.15, -0.1) is 0 Å². The predicted molar refractivity (Wildman–Crippen MR) is 122 cm³/mol. The van der Waals surface area contributed by atoms with Crippen molar-refractivity contribution in [3.63, 3.8) is 0 Å². The van der Waals surface area contributed by atoms with Gasteiger partial charge in [0.2, 0.25) is 17.7 Å². The first kappa shape index (κ1) is 20.9. The first-order valence-corrected chi connectivity index (χ1v) is 10.9. The molecular weight excluding hydrogens is 392 g/mol. The van der Waals surface area contributed by atoms with Crippen LogP contribution in [0, 0.1) is 0 Å². The highest BCUT2D eigenvalue weighted by Crippen LogP contribution is 2.29. The third kappa shape index (κ3) is 5.42. The Morgan fingerprint density at radius 3 is 2.42 bits per heavy atom. The van der Waals surface area contributed by atoms with Crippen LogP contribution in [0.5, 0.6) is 0 Å². The van der Waals surface area contributed by atoms with Gasteiger partial charge in [0.05, 0.1) is 11.4 Å². The van der Waals surface area contributed by atoms with Crippen molar-refractivity contribution in [3.05, 3.63) is 48.5 Å². The lowest BCUT2D eigenvalue weighted by Gasteiger charge is -2.29. The van der Waals surface area contributed by atoms with Crippen LogP contribution in [0.4, 0.5) is 22.7 Å². The summed E-state index contributed by atoms with van der Waals surface area (Å²) in [5.41, 5.74) is 3.03. The largest absolute Gasteiger partial charge is 0.382 e. The van der Waals surface area contributed by atoms with Crippen LogP contribution in [0.1, 0.15) is 44.9 Å². The molecule has 2 aromatic rings. The van der Waals surface area contributed by atoms with Crippen LogP contribution < -0.4 is 20.9 Å². The number of amides is 3. The van der Waals surface area contributed by atoms with Crippen molar-refractivity contribution in [2.24, 2.45) is 0 Å². The molecule has 31 heavy (non-hydrogen) atoms. The highest BCUT2D eigenvalue weighted by atomic mass is 16.2. The van der Waals surface area contributed by atoms with E-state index in [0.717, 1.165) is 5.69 Å². The van der Waals surface area contributed by atoms with E-state index in [1.165, 1.54) is 37.0 Å². The number of carbonyl (C=O) groups excluding carboxylic acids is 3. The third-order valence-electron chi connectivity index (χ3n) is 5.78. The lowest BCUT2D eigenvalue weighted by molar-refractivity contribution is -0.124. The lowest BCUT2D eigenvalue weighted by atomic mass is 9.95. The van der Waals surface area contributed by atoms with Crippen LogP contribution in [0.15, 0.2) is 48.5 Å². The summed E-state index contributed by atoms with van der Waals surface area (Å²) in [4.78, 5) is 38.3. The molecule has 0 atom stereocenters. The molecule has 1 aliphatic carbocycles. The standard InChI is InChI=1S/C24H28N4O3/c29-22(26-19-12-10-18(11-13-19)25-17-6-2-1-3-7-17)14-15-24(31)28-16-23(30)27-20-8-4-5-9-21(20)28/h4-5,8-13,17,25H,1-3,6-7,14-16H2,(H,26,29)(H,27,30). The third-order valence-corrected chi connectivity index (χ3v) is 5.78. The Balaban J connectivity index is 1.27. The maximum absolute atomic E-state index is 12.7. The highest BCUT2D eigenvalue weighted by molar-refractivity contribution is 6.10. The minimum absolute atomic E-state index is 0.0348. The van der Waals surface area contributed by atoms with Crippen molar-refractivity contribution in [2.75, 3.05) is 27.4 Å². The molecule has 1 heterocycles. The van der Waals surface area contributed by atoms with E-state index in [9.17, 15) is 14.4 Å². The van der Waals surface area contributed by atoms with Crippen molar-refractivity contribution in [1.82, 2.24) is 0 Å². The van der Waals surface area contributed by atoms with E-state index in [-0.39, 0.29) is 37.1 Å². The number of hydrogen-bond acceptors (Lipinski definition) is 4. The van der Waals surface area contributed by atoms with E-state index in [4.69, 9.17) is 0 Å². The summed E-state index contributed by atoms with van der Waals surface area (Å²) in [6.07, 6.45) is 6.38. The molecule has 0 saturated heterocycles. The summed E-state index contributed by atoms with van der Waals surface area (Å²) >= 11 is 0. The Bertz CT molecular complexity index is 952. The number of nitrogens with zero attached hydrogens (tertiary/aromatic N) is 1. The molecule has 3 amide bonds. The van der Waals surface area contributed by atoms with Gasteiger partial charge in [-0.05, 0) is 49.2 Å². The van der Waals surface area contributed by atoms with E-state index in [0.29, 0.717) is 23.1 Å². The van der Waals surface area contributed by atoms with Gasteiger partial charge in [0.25, 0.3) is 0 Å². The Hall–Kier alpha value is -3.35. The van der Waals surface area contributed by atoms with Gasteiger partial charge in [0, 0.05) is 30.3 Å². The van der Waals surface area contributed by atoms with E-state index in [1.54, 1.807) is 18.2 Å². The molecule has 2 aliphatic rings. The lowest BCUT2D eigenvalue weighted by Crippen LogP contribution is -2.42. The molecular formula is C24H28N4O3. The summed E-state index contributed by atoms with van der Waals surface area (Å²) in [6.45, 7) is -0.0348. The predicted octanol–water partition coefficient (Wildman–Crippen LogP) is 4.14. The summed E-state index contributed by atoms with van der Waals surface area (Å²) < 4.78 is 0. The van der Waals surface area contributed by atoms with Gasteiger partial charge < -0.3 is 20.9 Å². The number of rotatable bonds is 6. The maximum atomic E-state index is 12.7. The van der Waals surface area contributed by atoms with Gasteiger partial charge in [-0.25, -0.2) is 0 Å². The fourth-order valence-electron chi connectivity index (χ4n) is 4.17.